The van der Waals surface area contributed by atoms with Crippen molar-refractivity contribution in [3.8, 4) is 0 Å². The predicted molar refractivity (Wildman–Crippen MR) is 80.9 cm³/mol. The van der Waals surface area contributed by atoms with E-state index in [0.29, 0.717) is 29.9 Å². The van der Waals surface area contributed by atoms with Gasteiger partial charge in [0.05, 0.1) is 17.1 Å². The van der Waals surface area contributed by atoms with E-state index in [0.717, 1.165) is 5.56 Å². The van der Waals surface area contributed by atoms with Crippen molar-refractivity contribution in [2.75, 3.05) is 16.6 Å². The molecule has 0 atom stereocenters. The minimum Gasteiger partial charge on any atom is -0.397 e. The molecule has 0 radical (unpaired) electrons. The molecule has 2 aromatic carbocycles. The molecule has 6 heteroatoms. The smallest absolute Gasteiger partial charge is 0.239 e. The van der Waals surface area contributed by atoms with Crippen molar-refractivity contribution in [2.24, 2.45) is 0 Å². The molecule has 1 aliphatic heterocycles. The summed E-state index contributed by atoms with van der Waals surface area (Å²) in [5.41, 5.74) is 8.46. The summed E-state index contributed by atoms with van der Waals surface area (Å²) in [7, 11) is -3.53. The molecule has 2 N–H and O–H groups in total. The molecule has 4 nitrogen and oxygen atoms in total. The number of fused-ring (bicyclic) bond motifs is 1. The van der Waals surface area contributed by atoms with Crippen LogP contribution in [-0.2, 0) is 22.2 Å². The number of rotatable bonds is 3. The Morgan fingerprint density at radius 1 is 1.14 bits per heavy atom. The van der Waals surface area contributed by atoms with Crippen LogP contribution < -0.4 is 10.0 Å². The average Bonchev–Trinajstić information content (AvgIpc) is 2.87. The minimum atomic E-state index is -3.53. The minimum absolute atomic E-state index is 0.166. The van der Waals surface area contributed by atoms with Gasteiger partial charge < -0.3 is 5.73 Å². The monoisotopic (exact) mass is 306 g/mol. The molecular weight excluding hydrogens is 291 g/mol. The van der Waals surface area contributed by atoms with Crippen LogP contribution in [0.1, 0.15) is 11.1 Å². The normalized spacial score (nSPS) is 14.2. The first-order valence-corrected chi connectivity index (χ1v) is 8.20. The number of para-hydroxylation sites is 1. The number of hydrogen-bond acceptors (Lipinski definition) is 3. The fourth-order valence-corrected chi connectivity index (χ4v) is 4.24. The van der Waals surface area contributed by atoms with E-state index in [9.17, 15) is 12.8 Å². The molecule has 0 bridgehead atoms. The van der Waals surface area contributed by atoms with Gasteiger partial charge in [0.1, 0.15) is 5.82 Å². The number of anilines is 2. The largest absolute Gasteiger partial charge is 0.397 e. The zero-order chi connectivity index (χ0) is 15.0. The van der Waals surface area contributed by atoms with Gasteiger partial charge in [-0.1, -0.05) is 24.3 Å². The number of hydrogen-bond donors (Lipinski definition) is 1. The summed E-state index contributed by atoms with van der Waals surface area (Å²) < 4.78 is 39.4. The van der Waals surface area contributed by atoms with Crippen molar-refractivity contribution >= 4 is 21.4 Å². The molecule has 2 aromatic rings. The Balaban J connectivity index is 1.93. The Morgan fingerprint density at radius 2 is 1.86 bits per heavy atom. The van der Waals surface area contributed by atoms with Gasteiger partial charge in [-0.2, -0.15) is 0 Å². The first-order chi connectivity index (χ1) is 9.97. The molecule has 0 unspecified atom stereocenters. The number of sulfonamides is 1. The highest BCUT2D eigenvalue weighted by atomic mass is 32.2. The number of nitrogens with two attached hydrogens (primary N) is 1. The van der Waals surface area contributed by atoms with Crippen LogP contribution in [0.5, 0.6) is 0 Å². The molecule has 3 rings (SSSR count). The van der Waals surface area contributed by atoms with Gasteiger partial charge in [0.2, 0.25) is 10.0 Å². The van der Waals surface area contributed by atoms with E-state index in [-0.39, 0.29) is 11.6 Å². The third-order valence-corrected chi connectivity index (χ3v) is 5.32. The topological polar surface area (TPSA) is 63.4 Å². The molecule has 0 aliphatic carbocycles. The van der Waals surface area contributed by atoms with Gasteiger partial charge in [0.25, 0.3) is 0 Å². The highest BCUT2D eigenvalue weighted by Gasteiger charge is 2.31. The van der Waals surface area contributed by atoms with Crippen molar-refractivity contribution in [2.45, 2.75) is 12.2 Å². The Kier molecular flexibility index (Phi) is 3.33. The third kappa shape index (κ3) is 2.58. The molecule has 0 aromatic heterocycles. The summed E-state index contributed by atoms with van der Waals surface area (Å²) in [6, 6.07) is 10.9. The summed E-state index contributed by atoms with van der Waals surface area (Å²) in [5.74, 6) is -0.548. The van der Waals surface area contributed by atoms with Crippen LogP contribution in [0.3, 0.4) is 0 Å². The lowest BCUT2D eigenvalue weighted by Crippen LogP contribution is -2.30. The quantitative estimate of drug-likeness (QED) is 0.885. The SMILES string of the molecule is Nc1cccc2c1N(S(=O)(=O)Cc1ccc(F)cc1)CC2. The summed E-state index contributed by atoms with van der Waals surface area (Å²) in [6.45, 7) is 0.396. The van der Waals surface area contributed by atoms with Crippen LogP contribution in [0, 0.1) is 5.82 Å². The zero-order valence-electron chi connectivity index (χ0n) is 11.3. The van der Waals surface area contributed by atoms with Crippen LogP contribution in [0.2, 0.25) is 0 Å². The lowest BCUT2D eigenvalue weighted by atomic mass is 10.1. The second-order valence-corrected chi connectivity index (χ2v) is 6.95. The third-order valence-electron chi connectivity index (χ3n) is 3.58. The van der Waals surface area contributed by atoms with E-state index in [1.807, 2.05) is 12.1 Å². The summed E-state index contributed by atoms with van der Waals surface area (Å²) >= 11 is 0. The number of nitrogen functional groups attached to an aromatic ring is 1. The van der Waals surface area contributed by atoms with Gasteiger partial charge >= 0.3 is 0 Å². The highest BCUT2D eigenvalue weighted by molar-refractivity contribution is 7.92. The van der Waals surface area contributed by atoms with E-state index in [2.05, 4.69) is 0 Å². The standard InChI is InChI=1S/C15H15FN2O2S/c16-13-6-4-11(5-7-13)10-21(19,20)18-9-8-12-2-1-3-14(17)15(12)18/h1-7H,8-10,17H2. The Labute approximate surface area is 123 Å². The molecule has 1 aliphatic rings. The van der Waals surface area contributed by atoms with Crippen LogP contribution in [0.25, 0.3) is 0 Å². The maximum absolute atomic E-state index is 12.9. The molecule has 0 spiro atoms. The molecule has 1 heterocycles. The van der Waals surface area contributed by atoms with E-state index in [4.69, 9.17) is 5.73 Å². The van der Waals surface area contributed by atoms with Gasteiger partial charge in [0.15, 0.2) is 0 Å². The fourth-order valence-electron chi connectivity index (χ4n) is 2.60. The van der Waals surface area contributed by atoms with Crippen LogP contribution >= 0.6 is 0 Å². The highest BCUT2D eigenvalue weighted by Crippen LogP contribution is 2.36. The van der Waals surface area contributed by atoms with Crippen molar-refractivity contribution in [1.29, 1.82) is 0 Å². The van der Waals surface area contributed by atoms with E-state index in [1.165, 1.54) is 28.6 Å². The lowest BCUT2D eigenvalue weighted by molar-refractivity contribution is 0.591. The lowest BCUT2D eigenvalue weighted by Gasteiger charge is -2.21. The predicted octanol–water partition coefficient (Wildman–Crippen LogP) is 2.30. The Morgan fingerprint density at radius 3 is 2.57 bits per heavy atom. The van der Waals surface area contributed by atoms with E-state index >= 15 is 0 Å². The summed E-state index contributed by atoms with van der Waals surface area (Å²) in [4.78, 5) is 0. The second-order valence-electron chi connectivity index (χ2n) is 5.06. The molecule has 21 heavy (non-hydrogen) atoms. The zero-order valence-corrected chi connectivity index (χ0v) is 12.1. The molecule has 0 saturated heterocycles. The second kappa shape index (κ2) is 5.04. The maximum Gasteiger partial charge on any atom is 0.239 e. The van der Waals surface area contributed by atoms with Gasteiger partial charge in [-0.25, -0.2) is 12.8 Å². The van der Waals surface area contributed by atoms with Crippen molar-refractivity contribution in [3.05, 3.63) is 59.4 Å². The van der Waals surface area contributed by atoms with E-state index < -0.39 is 10.0 Å². The Bertz CT molecular complexity index is 773. The van der Waals surface area contributed by atoms with E-state index in [1.54, 1.807) is 6.07 Å². The number of nitrogens with zero attached hydrogens (tertiary/aromatic N) is 1. The van der Waals surface area contributed by atoms with Crippen molar-refractivity contribution in [3.63, 3.8) is 0 Å². The Hall–Kier alpha value is -2.08. The average molecular weight is 306 g/mol. The van der Waals surface area contributed by atoms with Crippen molar-refractivity contribution in [1.82, 2.24) is 0 Å². The molecule has 0 amide bonds. The first kappa shape index (κ1) is 13.9. The molecule has 0 saturated carbocycles. The first-order valence-electron chi connectivity index (χ1n) is 6.59. The summed E-state index contributed by atoms with van der Waals surface area (Å²) in [5, 5.41) is 0. The van der Waals surface area contributed by atoms with Gasteiger partial charge in [-0.3, -0.25) is 4.31 Å². The molecule has 110 valence electrons. The molecular formula is C15H15FN2O2S. The number of halogens is 1. The van der Waals surface area contributed by atoms with Crippen LogP contribution in [0.4, 0.5) is 15.8 Å². The van der Waals surface area contributed by atoms with Crippen LogP contribution in [-0.4, -0.2) is 15.0 Å². The van der Waals surface area contributed by atoms with Gasteiger partial charge in [-0.15, -0.1) is 0 Å². The van der Waals surface area contributed by atoms with Crippen molar-refractivity contribution < 1.29 is 12.8 Å². The van der Waals surface area contributed by atoms with Gasteiger partial charge in [-0.05, 0) is 35.7 Å². The van der Waals surface area contributed by atoms with Gasteiger partial charge in [0, 0.05) is 6.54 Å². The maximum atomic E-state index is 12.9. The molecule has 0 fully saturated rings. The summed E-state index contributed by atoms with van der Waals surface area (Å²) in [6.07, 6.45) is 0.656. The fraction of sp³-hybridized carbons (Fsp3) is 0.200. The van der Waals surface area contributed by atoms with Crippen LogP contribution in [0.15, 0.2) is 42.5 Å². The number of benzene rings is 2.